The van der Waals surface area contributed by atoms with Crippen molar-refractivity contribution >= 4 is 53.7 Å². The fraction of sp³-hybridized carbons (Fsp3) is 0.357. The van der Waals surface area contributed by atoms with Crippen LogP contribution >= 0.6 is 0 Å². The maximum atomic E-state index is 14.4. The number of methoxy groups -OCH3 is 1. The number of nitrogens with zero attached hydrogens (tertiary/aromatic N) is 3. The van der Waals surface area contributed by atoms with E-state index in [1.165, 1.54) is 79.9 Å². The maximum Gasteiger partial charge on any atom is 0.338 e. The molecule has 29 heteroatoms. The third-order valence-corrected chi connectivity index (χ3v) is 15.7. The molecule has 0 bridgehead atoms. The number of carbonyl (C=O) groups excluding carboxylic acids is 9. The van der Waals surface area contributed by atoms with E-state index in [1.54, 1.807) is 109 Å². The Balaban J connectivity index is 1.06. The van der Waals surface area contributed by atoms with Gasteiger partial charge in [-0.25, -0.2) is 28.8 Å². The first-order chi connectivity index (χ1) is 48.0. The second kappa shape index (κ2) is 34.2. The van der Waals surface area contributed by atoms with Crippen LogP contribution < -0.4 is 0 Å². The van der Waals surface area contributed by atoms with Crippen molar-refractivity contribution in [3.63, 3.8) is 0 Å². The molecule has 0 aromatic heterocycles. The van der Waals surface area contributed by atoms with Crippen LogP contribution in [0.15, 0.2) is 187 Å². The molecular weight excluding hydrogens is 1300 g/mol. The number of hydrogen-bond acceptors (Lipinski definition) is 27. The fourth-order valence-corrected chi connectivity index (χ4v) is 11.1. The monoisotopic (exact) mass is 1370 g/mol. The van der Waals surface area contributed by atoms with Gasteiger partial charge in [0.05, 0.1) is 40.0 Å². The lowest BCUT2D eigenvalue weighted by Gasteiger charge is -2.44. The van der Waals surface area contributed by atoms with Crippen molar-refractivity contribution in [2.45, 2.75) is 125 Å². The van der Waals surface area contributed by atoms with Crippen LogP contribution in [0.5, 0.6) is 0 Å². The van der Waals surface area contributed by atoms with E-state index in [4.69, 9.17) is 80.5 Å². The lowest BCUT2D eigenvalue weighted by atomic mass is 9.96. The van der Waals surface area contributed by atoms with E-state index in [2.05, 4.69) is 10.0 Å². The smallest absolute Gasteiger partial charge is 0.338 e. The molecule has 4 aliphatic rings. The lowest BCUT2D eigenvalue weighted by Crippen LogP contribution is -2.62. The van der Waals surface area contributed by atoms with Crippen LogP contribution in [0.1, 0.15) is 82.9 Å². The summed E-state index contributed by atoms with van der Waals surface area (Å²) in [6.07, 6.45) is -27.1. The van der Waals surface area contributed by atoms with E-state index < -0.39 is 185 Å². The minimum Gasteiger partial charge on any atom is -0.463 e. The number of carbonyl (C=O) groups is 9. The molecule has 0 radical (unpaired) electrons. The summed E-state index contributed by atoms with van der Waals surface area (Å²) in [4.78, 5) is 125. The van der Waals surface area contributed by atoms with Gasteiger partial charge in [0, 0.05) is 32.8 Å². The normalized spacial score (nSPS) is 26.8. The van der Waals surface area contributed by atoms with Crippen LogP contribution in [0.3, 0.4) is 0 Å². The molecule has 4 heterocycles. The molecule has 99 heavy (non-hydrogen) atoms. The van der Waals surface area contributed by atoms with Crippen LogP contribution in [0.25, 0.3) is 10.4 Å². The quantitative estimate of drug-likeness (QED) is 0.0164. The van der Waals surface area contributed by atoms with Crippen LogP contribution in [-0.2, 0) is 94.9 Å². The van der Waals surface area contributed by atoms with Gasteiger partial charge < -0.3 is 80.5 Å². The Morgan fingerprint density at radius 3 is 1.04 bits per heavy atom. The molecule has 6 aromatic carbocycles. The Kier molecular flexibility index (Phi) is 24.6. The molecule has 4 saturated heterocycles. The van der Waals surface area contributed by atoms with Crippen molar-refractivity contribution in [1.82, 2.24) is 0 Å². The Labute approximate surface area is 565 Å². The first-order valence-electron chi connectivity index (χ1n) is 31.0. The standard InChI is InChI=1S/C70H67N3O26/c1-39(74)84-35-48-53(88-40(2)75)57(89-41(3)76)52(72-73-71)67(90-48)99-58-56(98-70-60(97-66(82)47-33-21-10-22-34-47)55(95-64(80)45-29-17-8-18-30-45)50(93-70)37-86-62(78)43-25-13-6-14-26-43)51(91-68(58)83-4)38-87-69-59(96-65(81)46-31-19-9-20-32-46)54(94-63(79)44-27-15-7-16-28-44)49(92-69)36-85-61(77)42-23-11-5-12-24-42/h5-34,48-60,67-70H,35-38H2,1-4H3/t48-,49-,50-,51-,52-,53+,54-,55-,56-,57-,58+,59+,60+,67+,68+,69+,70-/m1/s1. The van der Waals surface area contributed by atoms with E-state index in [-0.39, 0.29) is 33.4 Å². The van der Waals surface area contributed by atoms with Crippen LogP contribution in [0.4, 0.5) is 0 Å². The number of hydrogen-bond donors (Lipinski definition) is 0. The van der Waals surface area contributed by atoms with Crippen molar-refractivity contribution in [2.24, 2.45) is 5.11 Å². The average molecular weight is 1370 g/mol. The summed E-state index contributed by atoms with van der Waals surface area (Å²) in [5, 5.41) is 3.88. The molecule has 0 spiro atoms. The number of rotatable bonds is 27. The second-order valence-corrected chi connectivity index (χ2v) is 22.5. The highest BCUT2D eigenvalue weighted by molar-refractivity contribution is 5.92. The highest BCUT2D eigenvalue weighted by Crippen LogP contribution is 2.40. The zero-order chi connectivity index (χ0) is 70.0. The minimum absolute atomic E-state index is 0.00989. The third kappa shape index (κ3) is 18.4. The third-order valence-electron chi connectivity index (χ3n) is 15.7. The van der Waals surface area contributed by atoms with Crippen LogP contribution in [0.2, 0.25) is 0 Å². The summed E-state index contributed by atoms with van der Waals surface area (Å²) < 4.78 is 105. The SMILES string of the molecule is CO[C@H]1O[C@H](CO[C@H]2O[C@H](COC(=O)c3ccccc3)[C@@H](OC(=O)c3ccccc3)[C@@H]2OC(=O)c2ccccc2)[C@@H](O[C@H]2O[C@H](COC(=O)c3ccccc3)[C@@H](OC(=O)c3ccccc3)[C@@H]2OC(=O)c2ccccc2)[C@@H]1O[C@@H]1O[C@H](COC(C)=O)[C@H](OC(C)=O)[C@H](OC(C)=O)[C@H]1N=[N+]=[N-]. The Bertz CT molecular complexity index is 3800. The van der Waals surface area contributed by atoms with Crippen LogP contribution in [0, 0.1) is 0 Å². The van der Waals surface area contributed by atoms with Gasteiger partial charge in [0.25, 0.3) is 0 Å². The Morgan fingerprint density at radius 1 is 0.343 bits per heavy atom. The molecule has 0 amide bonds. The first-order valence-corrected chi connectivity index (χ1v) is 31.0. The van der Waals surface area contributed by atoms with E-state index in [0.717, 1.165) is 20.8 Å². The van der Waals surface area contributed by atoms with E-state index in [1.807, 2.05) is 0 Å². The van der Waals surface area contributed by atoms with Gasteiger partial charge in [0.2, 0.25) is 0 Å². The molecule has 0 saturated carbocycles. The van der Waals surface area contributed by atoms with Gasteiger partial charge in [0.1, 0.15) is 62.5 Å². The summed E-state index contributed by atoms with van der Waals surface area (Å²) in [7, 11) is 1.19. The van der Waals surface area contributed by atoms with Gasteiger partial charge in [-0.05, 0) is 78.3 Å². The van der Waals surface area contributed by atoms with E-state index in [9.17, 15) is 48.7 Å². The molecule has 29 nitrogen and oxygen atoms in total. The largest absolute Gasteiger partial charge is 0.463 e. The highest BCUT2D eigenvalue weighted by Gasteiger charge is 2.59. The number of benzene rings is 6. The predicted octanol–water partition coefficient (Wildman–Crippen LogP) is 7.04. The Hall–Kier alpha value is -10.5. The van der Waals surface area contributed by atoms with Gasteiger partial charge in [-0.2, -0.15) is 0 Å². The van der Waals surface area contributed by atoms with Gasteiger partial charge in [-0.1, -0.05) is 114 Å². The predicted molar refractivity (Wildman–Crippen MR) is 334 cm³/mol. The van der Waals surface area contributed by atoms with E-state index in [0.29, 0.717) is 0 Å². The van der Waals surface area contributed by atoms with Crippen molar-refractivity contribution in [3.8, 4) is 0 Å². The second-order valence-electron chi connectivity index (χ2n) is 22.5. The van der Waals surface area contributed by atoms with Crippen molar-refractivity contribution in [2.75, 3.05) is 33.5 Å². The van der Waals surface area contributed by atoms with Gasteiger partial charge in [-0.15, -0.1) is 0 Å². The van der Waals surface area contributed by atoms with Gasteiger partial charge in [0.15, 0.2) is 61.8 Å². The molecule has 4 fully saturated rings. The molecule has 17 atom stereocenters. The fourth-order valence-electron chi connectivity index (χ4n) is 11.1. The van der Waals surface area contributed by atoms with Crippen molar-refractivity contribution < 1.29 is 124 Å². The average Bonchev–Trinajstić information content (AvgIpc) is 1.74. The highest BCUT2D eigenvalue weighted by atomic mass is 16.8. The summed E-state index contributed by atoms with van der Waals surface area (Å²) in [5.74, 6) is -8.12. The zero-order valence-electron chi connectivity index (χ0n) is 53.4. The zero-order valence-corrected chi connectivity index (χ0v) is 53.4. The van der Waals surface area contributed by atoms with Crippen molar-refractivity contribution in [1.29, 1.82) is 0 Å². The molecule has 0 unspecified atom stereocenters. The first kappa shape index (κ1) is 71.3. The molecule has 6 aromatic rings. The Morgan fingerprint density at radius 2 is 0.657 bits per heavy atom. The summed E-state index contributed by atoms with van der Waals surface area (Å²) in [5.41, 5.74) is 10.6. The molecule has 518 valence electrons. The number of azide groups is 1. The summed E-state index contributed by atoms with van der Waals surface area (Å²) >= 11 is 0. The molecule has 10 rings (SSSR count). The van der Waals surface area contributed by atoms with Crippen LogP contribution in [-0.4, -0.2) is 192 Å². The molecule has 0 aliphatic carbocycles. The lowest BCUT2D eigenvalue weighted by molar-refractivity contribution is -0.307. The van der Waals surface area contributed by atoms with Gasteiger partial charge in [-0.3, -0.25) is 14.4 Å². The number of ether oxygens (including phenoxy) is 17. The minimum atomic E-state index is -1.94. The molecule has 0 N–H and O–H groups in total. The summed E-state index contributed by atoms with van der Waals surface area (Å²) in [6, 6.07) is 44.9. The summed E-state index contributed by atoms with van der Waals surface area (Å²) in [6.45, 7) is 0.415. The van der Waals surface area contributed by atoms with Crippen molar-refractivity contribution in [3.05, 3.63) is 226 Å². The van der Waals surface area contributed by atoms with Gasteiger partial charge >= 0.3 is 53.7 Å². The maximum absolute atomic E-state index is 14.4. The van der Waals surface area contributed by atoms with E-state index >= 15 is 0 Å². The molecule has 4 aliphatic heterocycles. The molecular formula is C70H67N3O26. The number of esters is 9. The topological polar surface area (TPSA) is 359 Å².